The van der Waals surface area contributed by atoms with E-state index in [-0.39, 0.29) is 12.2 Å². The van der Waals surface area contributed by atoms with Crippen LogP contribution in [0.2, 0.25) is 0 Å². The van der Waals surface area contributed by atoms with E-state index in [1.807, 2.05) is 18.2 Å². The number of carbonyl (C=O) groups is 1. The van der Waals surface area contributed by atoms with Gasteiger partial charge in [0.2, 0.25) is 0 Å². The van der Waals surface area contributed by atoms with Gasteiger partial charge in [0.05, 0.1) is 18.7 Å². The number of ether oxygens (including phenoxy) is 1. The van der Waals surface area contributed by atoms with E-state index in [0.29, 0.717) is 16.9 Å². The number of nitrogens with zero attached hydrogens (tertiary/aromatic N) is 1. The van der Waals surface area contributed by atoms with Crippen molar-refractivity contribution >= 4 is 5.78 Å². The van der Waals surface area contributed by atoms with Crippen LogP contribution in [-0.4, -0.2) is 12.9 Å². The molecular weight excluding hydrogens is 238 g/mol. The first-order chi connectivity index (χ1) is 9.24. The summed E-state index contributed by atoms with van der Waals surface area (Å²) in [5, 5.41) is 8.90. The van der Waals surface area contributed by atoms with Crippen LogP contribution in [0.5, 0.6) is 5.75 Å². The minimum absolute atomic E-state index is 0.00832. The molecule has 0 fully saturated rings. The molecule has 0 aromatic heterocycles. The van der Waals surface area contributed by atoms with Crippen LogP contribution in [0, 0.1) is 11.3 Å². The number of nitriles is 1. The second kappa shape index (κ2) is 5.83. The summed E-state index contributed by atoms with van der Waals surface area (Å²) in [4.78, 5) is 12.1. The molecule has 0 radical (unpaired) electrons. The fraction of sp³-hybridized carbons (Fsp3) is 0.125. The van der Waals surface area contributed by atoms with Crippen molar-refractivity contribution in [1.82, 2.24) is 0 Å². The molecule has 0 aliphatic heterocycles. The van der Waals surface area contributed by atoms with Crippen LogP contribution in [-0.2, 0) is 6.42 Å². The highest BCUT2D eigenvalue weighted by Gasteiger charge is 2.11. The zero-order chi connectivity index (χ0) is 13.7. The largest absolute Gasteiger partial charge is 0.496 e. The molecule has 0 bridgehead atoms. The molecule has 0 unspecified atom stereocenters. The zero-order valence-electron chi connectivity index (χ0n) is 10.6. The van der Waals surface area contributed by atoms with Crippen LogP contribution in [0.1, 0.15) is 21.5 Å². The molecule has 3 nitrogen and oxygen atoms in total. The molecule has 2 aromatic rings. The minimum Gasteiger partial charge on any atom is -0.496 e. The minimum atomic E-state index is 0.00832. The summed E-state index contributed by atoms with van der Waals surface area (Å²) in [6, 6.07) is 16.2. The number of benzene rings is 2. The predicted octanol–water partition coefficient (Wildman–Crippen LogP) is 2.99. The van der Waals surface area contributed by atoms with E-state index in [4.69, 9.17) is 10.00 Å². The fourth-order valence-electron chi connectivity index (χ4n) is 1.89. The van der Waals surface area contributed by atoms with Crippen LogP contribution in [0.25, 0.3) is 0 Å². The topological polar surface area (TPSA) is 50.1 Å². The van der Waals surface area contributed by atoms with Crippen LogP contribution in [0.15, 0.2) is 48.5 Å². The van der Waals surface area contributed by atoms with Gasteiger partial charge in [-0.3, -0.25) is 4.79 Å². The van der Waals surface area contributed by atoms with E-state index >= 15 is 0 Å². The third-order valence-corrected chi connectivity index (χ3v) is 2.86. The Morgan fingerprint density at radius 3 is 2.58 bits per heavy atom. The highest BCUT2D eigenvalue weighted by Crippen LogP contribution is 2.21. The Morgan fingerprint density at radius 2 is 1.95 bits per heavy atom. The van der Waals surface area contributed by atoms with Gasteiger partial charge in [0.1, 0.15) is 5.75 Å². The molecule has 0 saturated carbocycles. The molecule has 0 saturated heterocycles. The maximum atomic E-state index is 12.1. The number of ketones is 1. The molecule has 94 valence electrons. The molecule has 3 heteroatoms. The Bertz CT molecular complexity index is 627. The van der Waals surface area contributed by atoms with E-state index in [9.17, 15) is 4.79 Å². The number of rotatable bonds is 4. The quantitative estimate of drug-likeness (QED) is 0.785. The molecule has 0 atom stereocenters. The molecule has 0 aliphatic carbocycles. The number of Topliss-reactive ketones (excluding diaryl/α,β-unsaturated/α-hetero) is 1. The van der Waals surface area contributed by atoms with Crippen molar-refractivity contribution in [2.75, 3.05) is 7.11 Å². The molecule has 0 N–H and O–H groups in total. The lowest BCUT2D eigenvalue weighted by atomic mass is 10.0. The van der Waals surface area contributed by atoms with Crippen molar-refractivity contribution in [2.24, 2.45) is 0 Å². The average Bonchev–Trinajstić information content (AvgIpc) is 2.48. The Balaban J connectivity index is 2.28. The Hall–Kier alpha value is -2.60. The average molecular weight is 251 g/mol. The summed E-state index contributed by atoms with van der Waals surface area (Å²) < 4.78 is 5.22. The lowest BCUT2D eigenvalue weighted by Crippen LogP contribution is -2.05. The third kappa shape index (κ3) is 2.99. The van der Waals surface area contributed by atoms with E-state index in [0.717, 1.165) is 5.56 Å². The maximum Gasteiger partial charge on any atom is 0.167 e. The maximum absolute atomic E-state index is 12.1. The van der Waals surface area contributed by atoms with Gasteiger partial charge in [0.15, 0.2) is 5.78 Å². The normalized spacial score (nSPS) is 9.68. The number of carbonyl (C=O) groups excluding carboxylic acids is 1. The smallest absolute Gasteiger partial charge is 0.167 e. The van der Waals surface area contributed by atoms with E-state index in [1.54, 1.807) is 37.4 Å². The van der Waals surface area contributed by atoms with E-state index in [1.165, 1.54) is 0 Å². The van der Waals surface area contributed by atoms with Gasteiger partial charge in [0.25, 0.3) is 0 Å². The monoisotopic (exact) mass is 251 g/mol. The predicted molar refractivity (Wildman–Crippen MR) is 72.2 cm³/mol. The lowest BCUT2D eigenvalue weighted by Gasteiger charge is -2.08. The Labute approximate surface area is 112 Å². The van der Waals surface area contributed by atoms with Crippen LogP contribution < -0.4 is 4.74 Å². The van der Waals surface area contributed by atoms with Crippen molar-refractivity contribution in [3.8, 4) is 11.8 Å². The molecule has 0 heterocycles. The van der Waals surface area contributed by atoms with Gasteiger partial charge in [-0.2, -0.15) is 5.26 Å². The lowest BCUT2D eigenvalue weighted by molar-refractivity contribution is 0.0992. The molecule has 2 aromatic carbocycles. The summed E-state index contributed by atoms with van der Waals surface area (Å²) in [7, 11) is 1.55. The van der Waals surface area contributed by atoms with Gasteiger partial charge >= 0.3 is 0 Å². The summed E-state index contributed by atoms with van der Waals surface area (Å²) in [6.45, 7) is 0. The summed E-state index contributed by atoms with van der Waals surface area (Å²) in [5.74, 6) is 0.636. The third-order valence-electron chi connectivity index (χ3n) is 2.86. The van der Waals surface area contributed by atoms with Crippen LogP contribution >= 0.6 is 0 Å². The number of hydrogen-bond donors (Lipinski definition) is 0. The summed E-state index contributed by atoms with van der Waals surface area (Å²) in [6.07, 6.45) is 0.225. The van der Waals surface area contributed by atoms with E-state index in [2.05, 4.69) is 6.07 Å². The summed E-state index contributed by atoms with van der Waals surface area (Å²) >= 11 is 0. The van der Waals surface area contributed by atoms with Gasteiger partial charge in [-0.1, -0.05) is 30.3 Å². The van der Waals surface area contributed by atoms with Gasteiger partial charge in [-0.05, 0) is 18.2 Å². The zero-order valence-corrected chi connectivity index (χ0v) is 10.6. The molecular formula is C16H13NO2. The first-order valence-corrected chi connectivity index (χ1v) is 5.90. The van der Waals surface area contributed by atoms with Crippen molar-refractivity contribution in [3.63, 3.8) is 0 Å². The van der Waals surface area contributed by atoms with Crippen LogP contribution in [0.4, 0.5) is 0 Å². The van der Waals surface area contributed by atoms with Crippen LogP contribution in [0.3, 0.4) is 0 Å². The highest BCUT2D eigenvalue weighted by atomic mass is 16.5. The van der Waals surface area contributed by atoms with Crippen molar-refractivity contribution in [3.05, 3.63) is 65.2 Å². The fourth-order valence-corrected chi connectivity index (χ4v) is 1.89. The Morgan fingerprint density at radius 1 is 1.21 bits per heavy atom. The highest BCUT2D eigenvalue weighted by molar-refractivity contribution is 5.97. The van der Waals surface area contributed by atoms with E-state index < -0.39 is 0 Å². The first kappa shape index (κ1) is 12.8. The van der Waals surface area contributed by atoms with Gasteiger partial charge in [-0.25, -0.2) is 0 Å². The number of methoxy groups -OCH3 is 1. The molecule has 19 heavy (non-hydrogen) atoms. The second-order valence-corrected chi connectivity index (χ2v) is 4.10. The molecule has 0 amide bonds. The number of hydrogen-bond acceptors (Lipinski definition) is 3. The SMILES string of the molecule is COc1ccc(C#N)cc1CC(=O)c1ccccc1. The molecule has 2 rings (SSSR count). The van der Waals surface area contributed by atoms with Gasteiger partial charge in [-0.15, -0.1) is 0 Å². The van der Waals surface area contributed by atoms with Crippen molar-refractivity contribution in [2.45, 2.75) is 6.42 Å². The second-order valence-electron chi connectivity index (χ2n) is 4.10. The first-order valence-electron chi connectivity index (χ1n) is 5.90. The standard InChI is InChI=1S/C16H13NO2/c1-19-16-8-7-12(11-17)9-14(16)10-15(18)13-5-3-2-4-6-13/h2-9H,10H2,1H3. The Kier molecular flexibility index (Phi) is 3.94. The van der Waals surface area contributed by atoms with Crippen molar-refractivity contribution < 1.29 is 9.53 Å². The summed E-state index contributed by atoms with van der Waals surface area (Å²) in [5.41, 5.74) is 1.92. The van der Waals surface area contributed by atoms with Crippen molar-refractivity contribution in [1.29, 1.82) is 5.26 Å². The van der Waals surface area contributed by atoms with Gasteiger partial charge < -0.3 is 4.74 Å². The van der Waals surface area contributed by atoms with Gasteiger partial charge in [0, 0.05) is 17.5 Å². The molecule has 0 aliphatic rings. The molecule has 0 spiro atoms.